The average molecular weight is 455 g/mol. The summed E-state index contributed by atoms with van der Waals surface area (Å²) in [5.41, 5.74) is 8.27. The van der Waals surface area contributed by atoms with Crippen LogP contribution in [0.3, 0.4) is 0 Å². The number of carbonyl (C=O) groups excluding carboxylic acids is 1. The Labute approximate surface area is 188 Å². The quantitative estimate of drug-likeness (QED) is 0.453. The van der Waals surface area contributed by atoms with E-state index in [-0.39, 0.29) is 30.2 Å². The molecule has 1 saturated heterocycles. The van der Waals surface area contributed by atoms with Crippen LogP contribution < -0.4 is 11.1 Å². The third kappa shape index (κ3) is 7.09. The van der Waals surface area contributed by atoms with Crippen LogP contribution in [0.5, 0.6) is 0 Å². The van der Waals surface area contributed by atoms with Crippen LogP contribution in [-0.4, -0.2) is 70.8 Å². The molecule has 1 amide bonds. The molecule has 1 heterocycles. The van der Waals surface area contributed by atoms with Crippen LogP contribution in [0.4, 0.5) is 10.5 Å². The first-order chi connectivity index (χ1) is 14.5. The zero-order chi connectivity index (χ0) is 23.3. The van der Waals surface area contributed by atoms with Gasteiger partial charge in [-0.1, -0.05) is 11.6 Å². The molecule has 2 rings (SSSR count). The fourth-order valence-corrected chi connectivity index (χ4v) is 3.54. The summed E-state index contributed by atoms with van der Waals surface area (Å²) in [6, 6.07) is 3.44. The van der Waals surface area contributed by atoms with Crippen molar-refractivity contribution < 1.29 is 24.8 Å². The highest BCUT2D eigenvalue weighted by atomic mass is 35.5. The first-order valence-electron chi connectivity index (χ1n) is 10.3. The van der Waals surface area contributed by atoms with Crippen molar-refractivity contribution in [1.82, 2.24) is 9.80 Å². The fraction of sp³-hybridized carbons (Fsp3) is 0.571. The van der Waals surface area contributed by atoms with Gasteiger partial charge in [-0.2, -0.15) is 4.99 Å². The van der Waals surface area contributed by atoms with E-state index >= 15 is 0 Å². The number of piperazine rings is 1. The van der Waals surface area contributed by atoms with Crippen LogP contribution in [0.15, 0.2) is 17.1 Å². The summed E-state index contributed by atoms with van der Waals surface area (Å²) in [6.07, 6.45) is -1.39. The molecule has 172 valence electrons. The van der Waals surface area contributed by atoms with Crippen LogP contribution in [0.2, 0.25) is 5.02 Å². The van der Waals surface area contributed by atoms with Gasteiger partial charge in [0, 0.05) is 37.2 Å². The van der Waals surface area contributed by atoms with E-state index < -0.39 is 6.10 Å². The Hall–Kier alpha value is -2.36. The van der Waals surface area contributed by atoms with E-state index in [4.69, 9.17) is 32.2 Å². The lowest BCUT2D eigenvalue weighted by atomic mass is 10.1. The highest BCUT2D eigenvalue weighted by molar-refractivity contribution is 6.31. The first-order valence-corrected chi connectivity index (χ1v) is 10.7. The number of halogens is 1. The molecule has 31 heavy (non-hydrogen) atoms. The Morgan fingerprint density at radius 2 is 2.06 bits per heavy atom. The second-order valence-corrected chi connectivity index (χ2v) is 8.49. The first kappa shape index (κ1) is 24.9. The number of benzene rings is 1. The maximum Gasteiger partial charge on any atom is 0.410 e. The lowest BCUT2D eigenvalue weighted by Gasteiger charge is -2.39. The molecular formula is C21H33ClN5O4+. The lowest BCUT2D eigenvalue weighted by molar-refractivity contribution is -0.144. The smallest absolute Gasteiger partial charge is 0.410 e. The Balaban J connectivity index is 2.11. The minimum Gasteiger partial charge on any atom is -0.447 e. The van der Waals surface area contributed by atoms with E-state index in [1.807, 2.05) is 33.8 Å². The molecule has 1 fully saturated rings. The zero-order valence-electron chi connectivity index (χ0n) is 18.8. The molecule has 10 heteroatoms. The van der Waals surface area contributed by atoms with E-state index in [1.54, 1.807) is 11.0 Å². The molecule has 2 atom stereocenters. The van der Waals surface area contributed by atoms with Gasteiger partial charge in [-0.3, -0.25) is 4.90 Å². The fourth-order valence-electron chi connectivity index (χ4n) is 3.31. The highest BCUT2D eigenvalue weighted by Gasteiger charge is 2.29. The molecule has 0 bridgehead atoms. The number of rotatable bonds is 5. The van der Waals surface area contributed by atoms with Crippen LogP contribution in [0, 0.1) is 6.92 Å². The van der Waals surface area contributed by atoms with Crippen LogP contribution >= 0.6 is 11.6 Å². The molecule has 1 aliphatic rings. The molecule has 0 aromatic heterocycles. The summed E-state index contributed by atoms with van der Waals surface area (Å²) in [5, 5.41) is 15.5. The van der Waals surface area contributed by atoms with Crippen LogP contribution in [-0.2, 0) is 16.0 Å². The van der Waals surface area contributed by atoms with Gasteiger partial charge in [-0.25, -0.2) is 10.2 Å². The van der Waals surface area contributed by atoms with Crippen molar-refractivity contribution in [3.05, 3.63) is 28.3 Å². The van der Waals surface area contributed by atoms with Gasteiger partial charge in [0.2, 0.25) is 0 Å². The van der Waals surface area contributed by atoms with Gasteiger partial charge in [0.1, 0.15) is 0 Å². The number of nitrogens with zero attached hydrogens (tertiary/aromatic N) is 3. The van der Waals surface area contributed by atoms with Crippen molar-refractivity contribution in [2.24, 2.45) is 10.7 Å². The van der Waals surface area contributed by atoms with Crippen LogP contribution in [0.25, 0.3) is 0 Å². The summed E-state index contributed by atoms with van der Waals surface area (Å²) >= 11 is 6.31. The molecule has 1 aliphatic heterocycles. The van der Waals surface area contributed by atoms with E-state index in [0.717, 1.165) is 11.1 Å². The summed E-state index contributed by atoms with van der Waals surface area (Å²) in [6.45, 7) is 11.8. The summed E-state index contributed by atoms with van der Waals surface area (Å²) in [5.74, 6) is -0.135. The van der Waals surface area contributed by atoms with Crippen molar-refractivity contribution >= 4 is 35.3 Å². The van der Waals surface area contributed by atoms with Gasteiger partial charge >= 0.3 is 12.0 Å². The number of aliphatic imine (C=N–C) groups is 1. The predicted molar refractivity (Wildman–Crippen MR) is 120 cm³/mol. The zero-order valence-corrected chi connectivity index (χ0v) is 19.5. The van der Waals surface area contributed by atoms with Crippen molar-refractivity contribution in [1.29, 1.82) is 0 Å². The van der Waals surface area contributed by atoms with E-state index in [0.29, 0.717) is 36.9 Å². The molecule has 0 aliphatic carbocycles. The van der Waals surface area contributed by atoms with Gasteiger partial charge in [-0.15, -0.1) is 0 Å². The number of amides is 1. The van der Waals surface area contributed by atoms with Crippen molar-refractivity contribution in [3.8, 4) is 0 Å². The second-order valence-electron chi connectivity index (χ2n) is 8.05. The van der Waals surface area contributed by atoms with Crippen molar-refractivity contribution in [3.63, 3.8) is 0 Å². The number of hydrogen-bond donors (Lipinski definition) is 3. The van der Waals surface area contributed by atoms with E-state index in [9.17, 15) is 9.90 Å². The third-order valence-corrected chi connectivity index (χ3v) is 5.21. The van der Waals surface area contributed by atoms with Gasteiger partial charge < -0.3 is 25.2 Å². The monoisotopic (exact) mass is 454 g/mol. The van der Waals surface area contributed by atoms with E-state index in [2.05, 4.69) is 9.89 Å². The average Bonchev–Trinajstić information content (AvgIpc) is 2.64. The summed E-state index contributed by atoms with van der Waals surface area (Å²) in [4.78, 5) is 20.5. The number of aliphatic hydroxyl groups is 1. The number of ether oxygens (including phenoxy) is 2. The topological polar surface area (TPSA) is 126 Å². The lowest BCUT2D eigenvalue weighted by Crippen LogP contribution is -2.54. The van der Waals surface area contributed by atoms with Gasteiger partial charge in [0.25, 0.3) is 6.02 Å². The predicted octanol–water partition coefficient (Wildman–Crippen LogP) is 1.20. The van der Waals surface area contributed by atoms with Gasteiger partial charge in [0.05, 0.1) is 11.8 Å². The SMILES string of the molecule is Cc1c(CN2CCN(C(=O)OC(C)C)[C@@H](C)C2)cc(Cl)cc1N=C(N)OC(=[NH2+])[C@@H](C)O. The standard InChI is InChI=1S/C21H32ClN5O4/c1-12(2)30-21(29)27-7-6-26(10-13(27)3)11-16-8-17(22)9-18(14(16)4)25-20(24)31-19(23)15(5)28/h8-9,12-13,15,23,28H,6-7,10-11H2,1-5H3,(H2,24,25)/p+1/t13-,15+/m0/s1. The molecular weight excluding hydrogens is 422 g/mol. The number of nitrogens with two attached hydrogens (primary N) is 2. The minimum atomic E-state index is -0.969. The Kier molecular flexibility index (Phi) is 8.67. The maximum atomic E-state index is 12.3. The Morgan fingerprint density at radius 3 is 2.65 bits per heavy atom. The Bertz CT molecular complexity index is 843. The van der Waals surface area contributed by atoms with Crippen molar-refractivity contribution in [2.75, 3.05) is 19.6 Å². The molecule has 9 nitrogen and oxygen atoms in total. The molecule has 0 radical (unpaired) electrons. The summed E-state index contributed by atoms with van der Waals surface area (Å²) < 4.78 is 10.5. The normalized spacial score (nSPS) is 18.8. The molecule has 0 saturated carbocycles. The molecule has 1 aromatic rings. The third-order valence-electron chi connectivity index (χ3n) is 4.99. The van der Waals surface area contributed by atoms with E-state index in [1.165, 1.54) is 6.92 Å². The molecule has 0 spiro atoms. The minimum absolute atomic E-state index is 0.0278. The second kappa shape index (κ2) is 10.8. The Morgan fingerprint density at radius 1 is 1.39 bits per heavy atom. The molecule has 5 N–H and O–H groups in total. The van der Waals surface area contributed by atoms with Crippen LogP contribution in [0.1, 0.15) is 38.8 Å². The summed E-state index contributed by atoms with van der Waals surface area (Å²) in [7, 11) is 0. The largest absolute Gasteiger partial charge is 0.447 e. The molecule has 1 aromatic carbocycles. The van der Waals surface area contributed by atoms with Crippen molar-refractivity contribution in [2.45, 2.75) is 59.4 Å². The number of carbonyl (C=O) groups is 1. The number of hydrogen-bond acceptors (Lipinski definition) is 6. The molecule has 0 unspecified atom stereocenters. The number of aliphatic hydroxyl groups excluding tert-OH is 1. The maximum absolute atomic E-state index is 12.3. The number of amidine groups is 1. The highest BCUT2D eigenvalue weighted by Crippen LogP contribution is 2.29. The van der Waals surface area contributed by atoms with Gasteiger partial charge in [-0.05, 0) is 57.9 Å². The van der Waals surface area contributed by atoms with Gasteiger partial charge in [0.15, 0.2) is 6.10 Å².